The number of nitrogen functional groups attached to an aromatic ring is 1. The van der Waals surface area contributed by atoms with Gasteiger partial charge in [0.2, 0.25) is 0 Å². The molecule has 1 saturated heterocycles. The maximum absolute atomic E-state index is 10.9. The summed E-state index contributed by atoms with van der Waals surface area (Å²) in [5.74, 6) is 1.95. The van der Waals surface area contributed by atoms with Crippen molar-refractivity contribution in [2.24, 2.45) is 5.92 Å². The number of aliphatic hydroxyl groups excluding tert-OH is 3. The molecule has 4 aromatic rings. The lowest BCUT2D eigenvalue weighted by Crippen LogP contribution is -2.52. The van der Waals surface area contributed by atoms with E-state index in [1.807, 2.05) is 0 Å². The molecule has 4 unspecified atom stereocenters. The molecule has 12 heteroatoms. The summed E-state index contributed by atoms with van der Waals surface area (Å²) >= 11 is 0. The number of rotatable bonds is 8. The van der Waals surface area contributed by atoms with Crippen LogP contribution in [0.5, 0.6) is 0 Å². The fourth-order valence-electron chi connectivity index (χ4n) is 6.35. The number of aromatic nitrogens is 6. The molecule has 3 aromatic heterocycles. The van der Waals surface area contributed by atoms with Crippen molar-refractivity contribution in [1.82, 2.24) is 34.4 Å². The van der Waals surface area contributed by atoms with E-state index < -0.39 is 24.5 Å². The molecule has 2 aliphatic rings. The third-order valence-electron chi connectivity index (χ3n) is 8.92. The molecule has 0 spiro atoms. The van der Waals surface area contributed by atoms with Crippen molar-refractivity contribution in [1.29, 1.82) is 0 Å². The van der Waals surface area contributed by atoms with Gasteiger partial charge in [0.15, 0.2) is 17.7 Å². The molecule has 2 fully saturated rings. The molecule has 0 amide bonds. The number of fused-ring (bicyclic) bond motifs is 2. The van der Waals surface area contributed by atoms with Gasteiger partial charge in [0.05, 0.1) is 17.4 Å². The van der Waals surface area contributed by atoms with E-state index in [0.29, 0.717) is 29.7 Å². The number of aliphatic hydroxyl groups is 3. The third kappa shape index (κ3) is 6.25. The van der Waals surface area contributed by atoms with Gasteiger partial charge < -0.3 is 30.8 Å². The zero-order valence-corrected chi connectivity index (χ0v) is 26.0. The monoisotopic (exact) mass is 594 g/mol. The fourth-order valence-corrected chi connectivity index (χ4v) is 6.35. The lowest BCUT2D eigenvalue weighted by atomic mass is 9.76. The van der Waals surface area contributed by atoms with Crippen LogP contribution in [0.1, 0.15) is 71.5 Å². The van der Waals surface area contributed by atoms with Crippen LogP contribution in [0, 0.1) is 5.92 Å². The standard InChI is InChI=1S/C30H42N8O3.CH4O/c1-16(2)37(13-22-25(39)26(40)29(41-22)38-15-34-24-27(31)32-14-33-28(24)38)19-10-17(11-19)6-9-23-35-20-8-7-18(30(3,4)5)12-21(20)36-23;1-2/h7-8,12,14-17,19,22,25-26,29,39-40H,6,9-11,13H2,1-5H3,(H,35,36)(H2,31,32,33);2H,1H3. The van der Waals surface area contributed by atoms with Crippen LogP contribution < -0.4 is 5.73 Å². The summed E-state index contributed by atoms with van der Waals surface area (Å²) in [7, 11) is 1.00. The van der Waals surface area contributed by atoms with Crippen LogP contribution >= 0.6 is 0 Å². The quantitative estimate of drug-likeness (QED) is 0.204. The van der Waals surface area contributed by atoms with Gasteiger partial charge in [-0.15, -0.1) is 0 Å². The summed E-state index contributed by atoms with van der Waals surface area (Å²) in [5.41, 5.74) is 10.4. The summed E-state index contributed by atoms with van der Waals surface area (Å²) in [6, 6.07) is 7.22. The van der Waals surface area contributed by atoms with E-state index in [1.165, 1.54) is 18.2 Å². The predicted molar refractivity (Wildman–Crippen MR) is 165 cm³/mol. The van der Waals surface area contributed by atoms with Gasteiger partial charge in [-0.2, -0.15) is 0 Å². The Morgan fingerprint density at radius 2 is 1.86 bits per heavy atom. The van der Waals surface area contributed by atoms with Gasteiger partial charge in [-0.25, -0.2) is 19.9 Å². The van der Waals surface area contributed by atoms with Crippen LogP contribution in [0.15, 0.2) is 30.9 Å². The van der Waals surface area contributed by atoms with Crippen molar-refractivity contribution in [2.75, 3.05) is 19.4 Å². The first kappa shape index (κ1) is 31.3. The Labute approximate surface area is 252 Å². The van der Waals surface area contributed by atoms with E-state index in [2.05, 4.69) is 77.7 Å². The molecular weight excluding hydrogens is 548 g/mol. The Morgan fingerprint density at radius 1 is 1.12 bits per heavy atom. The van der Waals surface area contributed by atoms with Crippen LogP contribution in [-0.2, 0) is 16.6 Å². The number of nitrogens with zero attached hydrogens (tertiary/aromatic N) is 6. The van der Waals surface area contributed by atoms with Crippen molar-refractivity contribution in [3.8, 4) is 0 Å². The van der Waals surface area contributed by atoms with Crippen molar-refractivity contribution in [2.45, 2.75) is 102 Å². The number of aryl methyl sites for hydroxylation is 1. The minimum atomic E-state index is -1.11. The van der Waals surface area contributed by atoms with E-state index in [-0.39, 0.29) is 17.3 Å². The number of hydrogen-bond acceptors (Lipinski definition) is 10. The smallest absolute Gasteiger partial charge is 0.167 e. The third-order valence-corrected chi connectivity index (χ3v) is 8.92. The van der Waals surface area contributed by atoms with Gasteiger partial charge in [0.1, 0.15) is 36.0 Å². The minimum Gasteiger partial charge on any atom is -0.400 e. The van der Waals surface area contributed by atoms with E-state index in [0.717, 1.165) is 49.7 Å². The Kier molecular flexibility index (Phi) is 9.05. The second kappa shape index (κ2) is 12.4. The molecule has 1 aromatic carbocycles. The van der Waals surface area contributed by atoms with Crippen molar-refractivity contribution < 1.29 is 20.1 Å². The average molecular weight is 595 g/mol. The molecule has 4 atom stereocenters. The molecule has 1 aliphatic carbocycles. The molecule has 12 nitrogen and oxygen atoms in total. The normalized spacial score (nSPS) is 25.8. The van der Waals surface area contributed by atoms with Crippen LogP contribution in [0.4, 0.5) is 5.82 Å². The van der Waals surface area contributed by atoms with E-state index in [4.69, 9.17) is 20.6 Å². The van der Waals surface area contributed by atoms with Gasteiger partial charge in [0.25, 0.3) is 0 Å². The molecular formula is C31H46N8O4. The van der Waals surface area contributed by atoms with Crippen molar-refractivity contribution in [3.63, 3.8) is 0 Å². The Hall–Kier alpha value is -3.16. The molecule has 0 bridgehead atoms. The highest BCUT2D eigenvalue weighted by molar-refractivity contribution is 5.81. The molecule has 234 valence electrons. The molecule has 4 heterocycles. The second-order valence-electron chi connectivity index (χ2n) is 13.1. The first-order valence-corrected chi connectivity index (χ1v) is 15.1. The fraction of sp³-hybridized carbons (Fsp3) is 0.613. The Balaban J connectivity index is 0.00000180. The second-order valence-corrected chi connectivity index (χ2v) is 13.1. The molecule has 1 saturated carbocycles. The zero-order valence-electron chi connectivity index (χ0n) is 26.0. The number of nitrogens with two attached hydrogens (primary N) is 1. The van der Waals surface area contributed by atoms with Crippen molar-refractivity contribution >= 4 is 28.0 Å². The van der Waals surface area contributed by atoms with Crippen LogP contribution in [0.2, 0.25) is 0 Å². The molecule has 0 radical (unpaired) electrons. The maximum Gasteiger partial charge on any atom is 0.167 e. The van der Waals surface area contributed by atoms with Gasteiger partial charge in [0, 0.05) is 32.2 Å². The van der Waals surface area contributed by atoms with Gasteiger partial charge in [-0.3, -0.25) is 9.47 Å². The maximum atomic E-state index is 10.9. The number of benzene rings is 1. The summed E-state index contributed by atoms with van der Waals surface area (Å²) in [4.78, 5) is 23.3. The van der Waals surface area contributed by atoms with E-state index >= 15 is 0 Å². The SMILES string of the molecule is CC(C)N(CC1OC(n2cnc3c(N)ncnc32)C(O)C1O)C1CC(CCc2nc3ccc(C(C)(C)C)cc3[nH]2)C1.CO. The Bertz CT molecular complexity index is 1520. The number of hydrogen-bond donors (Lipinski definition) is 5. The first-order valence-electron chi connectivity index (χ1n) is 15.1. The van der Waals surface area contributed by atoms with Crippen LogP contribution in [0.3, 0.4) is 0 Å². The Morgan fingerprint density at radius 3 is 2.56 bits per heavy atom. The number of aromatic amines is 1. The number of nitrogens with one attached hydrogen (secondary N) is 1. The largest absolute Gasteiger partial charge is 0.400 e. The number of anilines is 1. The number of ether oxygens (including phenoxy) is 1. The summed E-state index contributed by atoms with van der Waals surface area (Å²) in [6.07, 6.45) is 3.63. The molecule has 6 rings (SSSR count). The van der Waals surface area contributed by atoms with E-state index in [9.17, 15) is 10.2 Å². The topological polar surface area (TPSA) is 171 Å². The number of H-pyrrole nitrogens is 1. The number of imidazole rings is 2. The van der Waals surface area contributed by atoms with Gasteiger partial charge >= 0.3 is 0 Å². The van der Waals surface area contributed by atoms with Gasteiger partial charge in [-0.1, -0.05) is 26.8 Å². The zero-order chi connectivity index (χ0) is 31.1. The van der Waals surface area contributed by atoms with E-state index in [1.54, 1.807) is 4.57 Å². The summed E-state index contributed by atoms with van der Waals surface area (Å²) in [5, 5.41) is 28.8. The van der Waals surface area contributed by atoms with Crippen LogP contribution in [0.25, 0.3) is 22.2 Å². The lowest BCUT2D eigenvalue weighted by molar-refractivity contribution is -0.0620. The van der Waals surface area contributed by atoms with Crippen molar-refractivity contribution in [3.05, 3.63) is 42.2 Å². The lowest BCUT2D eigenvalue weighted by Gasteiger charge is -2.46. The van der Waals surface area contributed by atoms with Gasteiger partial charge in [-0.05, 0) is 62.1 Å². The first-order chi connectivity index (χ1) is 20.5. The van der Waals surface area contributed by atoms with Crippen LogP contribution in [-0.4, -0.2) is 93.8 Å². The molecule has 6 N–H and O–H groups in total. The summed E-state index contributed by atoms with van der Waals surface area (Å²) in [6.45, 7) is 11.6. The molecule has 43 heavy (non-hydrogen) atoms. The molecule has 1 aliphatic heterocycles. The highest BCUT2D eigenvalue weighted by atomic mass is 16.6. The average Bonchev–Trinajstić information content (AvgIpc) is 3.64. The minimum absolute atomic E-state index is 0.110. The predicted octanol–water partition coefficient (Wildman–Crippen LogP) is 2.93. The highest BCUT2D eigenvalue weighted by Gasteiger charge is 2.46. The summed E-state index contributed by atoms with van der Waals surface area (Å²) < 4.78 is 7.86. The highest BCUT2D eigenvalue weighted by Crippen LogP contribution is 2.38.